The highest BCUT2D eigenvalue weighted by Gasteiger charge is 2.46. The molecule has 8 heteroatoms. The van der Waals surface area contributed by atoms with Crippen molar-refractivity contribution in [2.45, 2.75) is 50.9 Å². The van der Waals surface area contributed by atoms with Gasteiger partial charge in [0.1, 0.15) is 0 Å². The molecular formula is C20H29N5O3. The van der Waals surface area contributed by atoms with Crippen LogP contribution in [0, 0.1) is 0 Å². The molecule has 152 valence electrons. The second-order valence-electron chi connectivity index (χ2n) is 7.96. The Morgan fingerprint density at radius 2 is 2.04 bits per heavy atom. The standard InChI is InChI=1S/C20H29N5O3/c1-14(26)24-11-8-18-17(13-24)22-20(27)25(18)16-6-9-23(10-7-16)12-15-4-3-5-19(21-15)28-2/h3-5,16-18H,6-13H2,1-2H3,(H,22,27). The molecule has 1 N–H and O–H groups in total. The molecule has 0 aromatic carbocycles. The van der Waals surface area contributed by atoms with E-state index in [1.807, 2.05) is 23.1 Å². The molecule has 2 atom stereocenters. The molecule has 0 aliphatic carbocycles. The van der Waals surface area contributed by atoms with E-state index < -0.39 is 0 Å². The van der Waals surface area contributed by atoms with Crippen LogP contribution in [0.4, 0.5) is 4.79 Å². The van der Waals surface area contributed by atoms with Gasteiger partial charge in [0, 0.05) is 51.8 Å². The SMILES string of the molecule is COc1cccc(CN2CCC(N3C(=O)NC4CN(C(C)=O)CCC43)CC2)n1. The van der Waals surface area contributed by atoms with Crippen LogP contribution in [0.2, 0.25) is 0 Å². The number of hydrogen-bond donors (Lipinski definition) is 1. The van der Waals surface area contributed by atoms with Crippen molar-refractivity contribution in [3.8, 4) is 5.88 Å². The van der Waals surface area contributed by atoms with Crippen molar-refractivity contribution in [2.75, 3.05) is 33.3 Å². The number of rotatable bonds is 4. The first-order valence-corrected chi connectivity index (χ1v) is 10.1. The molecule has 3 aliphatic heterocycles. The van der Waals surface area contributed by atoms with Crippen molar-refractivity contribution in [1.29, 1.82) is 0 Å². The molecule has 4 heterocycles. The Kier molecular flexibility index (Phi) is 5.39. The fourth-order valence-electron chi connectivity index (χ4n) is 4.76. The first-order valence-electron chi connectivity index (χ1n) is 10.1. The Balaban J connectivity index is 1.33. The highest BCUT2D eigenvalue weighted by atomic mass is 16.5. The fraction of sp³-hybridized carbons (Fsp3) is 0.650. The van der Waals surface area contributed by atoms with Crippen molar-refractivity contribution in [2.24, 2.45) is 0 Å². The van der Waals surface area contributed by atoms with E-state index in [1.165, 1.54) is 0 Å². The summed E-state index contributed by atoms with van der Waals surface area (Å²) in [4.78, 5) is 35.1. The number of methoxy groups -OCH3 is 1. The van der Waals surface area contributed by atoms with E-state index >= 15 is 0 Å². The Morgan fingerprint density at radius 3 is 2.75 bits per heavy atom. The molecule has 3 aliphatic rings. The van der Waals surface area contributed by atoms with E-state index in [9.17, 15) is 9.59 Å². The number of urea groups is 1. The number of pyridine rings is 1. The quantitative estimate of drug-likeness (QED) is 0.836. The van der Waals surface area contributed by atoms with Crippen LogP contribution in [-0.4, -0.2) is 83.0 Å². The second kappa shape index (κ2) is 7.95. The number of amides is 3. The van der Waals surface area contributed by atoms with Gasteiger partial charge in [0.05, 0.1) is 24.9 Å². The van der Waals surface area contributed by atoms with Crippen LogP contribution in [0.3, 0.4) is 0 Å². The minimum Gasteiger partial charge on any atom is -0.481 e. The molecule has 0 saturated carbocycles. The molecule has 3 amide bonds. The summed E-state index contributed by atoms with van der Waals surface area (Å²) < 4.78 is 5.21. The van der Waals surface area contributed by atoms with Crippen molar-refractivity contribution in [3.63, 3.8) is 0 Å². The maximum absolute atomic E-state index is 12.6. The molecule has 0 spiro atoms. The molecule has 8 nitrogen and oxygen atoms in total. The Labute approximate surface area is 165 Å². The highest BCUT2D eigenvalue weighted by Crippen LogP contribution is 2.29. The fourth-order valence-corrected chi connectivity index (χ4v) is 4.76. The van der Waals surface area contributed by atoms with Crippen LogP contribution in [-0.2, 0) is 11.3 Å². The molecule has 0 bridgehead atoms. The second-order valence-corrected chi connectivity index (χ2v) is 7.96. The van der Waals surface area contributed by atoms with Gasteiger partial charge in [0.2, 0.25) is 11.8 Å². The average molecular weight is 387 g/mol. The molecule has 3 fully saturated rings. The van der Waals surface area contributed by atoms with Gasteiger partial charge in [-0.1, -0.05) is 6.07 Å². The summed E-state index contributed by atoms with van der Waals surface area (Å²) in [5.74, 6) is 0.731. The lowest BCUT2D eigenvalue weighted by Crippen LogP contribution is -2.55. The van der Waals surface area contributed by atoms with Crippen molar-refractivity contribution in [1.82, 2.24) is 25.0 Å². The predicted molar refractivity (Wildman–Crippen MR) is 104 cm³/mol. The van der Waals surface area contributed by atoms with Gasteiger partial charge in [-0.25, -0.2) is 9.78 Å². The summed E-state index contributed by atoms with van der Waals surface area (Å²) in [7, 11) is 1.63. The van der Waals surface area contributed by atoms with Gasteiger partial charge in [-0.2, -0.15) is 0 Å². The number of carbonyl (C=O) groups excluding carboxylic acids is 2. The monoisotopic (exact) mass is 387 g/mol. The van der Waals surface area contributed by atoms with Gasteiger partial charge in [0.25, 0.3) is 0 Å². The zero-order valence-electron chi connectivity index (χ0n) is 16.6. The van der Waals surface area contributed by atoms with Gasteiger partial charge in [-0.05, 0) is 25.3 Å². The maximum atomic E-state index is 12.6. The van der Waals surface area contributed by atoms with Crippen molar-refractivity contribution >= 4 is 11.9 Å². The zero-order valence-corrected chi connectivity index (χ0v) is 16.6. The number of ether oxygens (including phenoxy) is 1. The van der Waals surface area contributed by atoms with E-state index in [0.717, 1.165) is 51.1 Å². The van der Waals surface area contributed by atoms with E-state index in [-0.39, 0.29) is 30.1 Å². The summed E-state index contributed by atoms with van der Waals surface area (Å²) in [6.45, 7) is 5.66. The first kappa shape index (κ1) is 19.0. The van der Waals surface area contributed by atoms with Crippen LogP contribution >= 0.6 is 0 Å². The Hall–Kier alpha value is -2.35. The zero-order chi connectivity index (χ0) is 19.7. The lowest BCUT2D eigenvalue weighted by Gasteiger charge is -2.42. The molecule has 1 aromatic rings. The van der Waals surface area contributed by atoms with Gasteiger partial charge in [0.15, 0.2) is 0 Å². The highest BCUT2D eigenvalue weighted by molar-refractivity contribution is 5.79. The number of hydrogen-bond acceptors (Lipinski definition) is 5. The molecule has 0 radical (unpaired) electrons. The normalized spacial score (nSPS) is 26.1. The van der Waals surface area contributed by atoms with Crippen LogP contribution in [0.5, 0.6) is 5.88 Å². The summed E-state index contributed by atoms with van der Waals surface area (Å²) in [5, 5.41) is 3.11. The van der Waals surface area contributed by atoms with Gasteiger partial charge >= 0.3 is 6.03 Å². The number of likely N-dealkylation sites (tertiary alicyclic amines) is 2. The first-order chi connectivity index (χ1) is 13.5. The third kappa shape index (κ3) is 3.78. The van der Waals surface area contributed by atoms with Crippen molar-refractivity contribution in [3.05, 3.63) is 23.9 Å². The predicted octanol–water partition coefficient (Wildman–Crippen LogP) is 1.07. The summed E-state index contributed by atoms with van der Waals surface area (Å²) >= 11 is 0. The molecule has 2 unspecified atom stereocenters. The van der Waals surface area contributed by atoms with Gasteiger partial charge < -0.3 is 19.9 Å². The summed E-state index contributed by atoms with van der Waals surface area (Å²) in [6, 6.07) is 6.42. The number of aromatic nitrogens is 1. The summed E-state index contributed by atoms with van der Waals surface area (Å²) in [5.41, 5.74) is 1.01. The minimum absolute atomic E-state index is 0.0355. The van der Waals surface area contributed by atoms with Gasteiger partial charge in [-0.3, -0.25) is 9.69 Å². The average Bonchev–Trinajstić information content (AvgIpc) is 3.03. The van der Waals surface area contributed by atoms with E-state index in [1.54, 1.807) is 14.0 Å². The number of nitrogens with one attached hydrogen (secondary N) is 1. The topological polar surface area (TPSA) is 78.0 Å². The number of nitrogens with zero attached hydrogens (tertiary/aromatic N) is 4. The number of fused-ring (bicyclic) bond motifs is 1. The number of carbonyl (C=O) groups is 2. The third-order valence-electron chi connectivity index (χ3n) is 6.25. The number of piperidine rings is 2. The van der Waals surface area contributed by atoms with E-state index in [2.05, 4.69) is 20.1 Å². The van der Waals surface area contributed by atoms with Crippen LogP contribution in [0.15, 0.2) is 18.2 Å². The van der Waals surface area contributed by atoms with Crippen molar-refractivity contribution < 1.29 is 14.3 Å². The van der Waals surface area contributed by atoms with Crippen LogP contribution in [0.25, 0.3) is 0 Å². The lowest BCUT2D eigenvalue weighted by atomic mass is 9.95. The van der Waals surface area contributed by atoms with Crippen LogP contribution < -0.4 is 10.1 Å². The Bertz CT molecular complexity index is 734. The molecule has 4 rings (SSSR count). The lowest BCUT2D eigenvalue weighted by molar-refractivity contribution is -0.130. The maximum Gasteiger partial charge on any atom is 0.318 e. The largest absolute Gasteiger partial charge is 0.481 e. The van der Waals surface area contributed by atoms with Crippen LogP contribution in [0.1, 0.15) is 31.9 Å². The molecule has 1 aromatic heterocycles. The van der Waals surface area contributed by atoms with E-state index in [0.29, 0.717) is 12.4 Å². The van der Waals surface area contributed by atoms with Gasteiger partial charge in [-0.15, -0.1) is 0 Å². The summed E-state index contributed by atoms with van der Waals surface area (Å²) in [6.07, 6.45) is 2.80. The third-order valence-corrected chi connectivity index (χ3v) is 6.25. The Morgan fingerprint density at radius 1 is 1.25 bits per heavy atom. The van der Waals surface area contributed by atoms with E-state index in [4.69, 9.17) is 4.74 Å². The smallest absolute Gasteiger partial charge is 0.318 e. The molecule has 3 saturated heterocycles. The minimum atomic E-state index is 0.0355. The molecule has 28 heavy (non-hydrogen) atoms. The molecular weight excluding hydrogens is 358 g/mol.